The highest BCUT2D eigenvalue weighted by Crippen LogP contribution is 2.21. The number of nitrogens with one attached hydrogen (secondary N) is 1. The fourth-order valence-electron chi connectivity index (χ4n) is 2.01. The molecular formula is C12H15Cl2N3O2. The first-order chi connectivity index (χ1) is 9.11. The lowest BCUT2D eigenvalue weighted by molar-refractivity contribution is -0.132. The minimum Gasteiger partial charge on any atom is -0.378 e. The van der Waals surface area contributed by atoms with Gasteiger partial charge >= 0.3 is 0 Å². The number of morpholine rings is 1. The quantitative estimate of drug-likeness (QED) is 0.856. The van der Waals surface area contributed by atoms with Crippen molar-refractivity contribution in [1.82, 2.24) is 15.2 Å². The molecule has 1 fully saturated rings. The molecule has 5 nitrogen and oxygen atoms in total. The summed E-state index contributed by atoms with van der Waals surface area (Å²) in [5.41, 5.74) is 0.849. The van der Waals surface area contributed by atoms with E-state index in [9.17, 15) is 4.79 Å². The van der Waals surface area contributed by atoms with Crippen molar-refractivity contribution in [3.63, 3.8) is 0 Å². The summed E-state index contributed by atoms with van der Waals surface area (Å²) in [6.45, 7) is 2.21. The van der Waals surface area contributed by atoms with E-state index in [1.165, 1.54) is 0 Å². The summed E-state index contributed by atoms with van der Waals surface area (Å²) in [5, 5.41) is 3.56. The summed E-state index contributed by atoms with van der Waals surface area (Å²) in [5.74, 6) is -0.0576. The summed E-state index contributed by atoms with van der Waals surface area (Å²) in [6.07, 6.45) is 1.64. The molecule has 1 aromatic heterocycles. The van der Waals surface area contributed by atoms with Crippen LogP contribution in [0.5, 0.6) is 0 Å². The van der Waals surface area contributed by atoms with E-state index >= 15 is 0 Å². The Morgan fingerprint density at radius 3 is 3.11 bits per heavy atom. The van der Waals surface area contributed by atoms with Crippen molar-refractivity contribution in [2.24, 2.45) is 0 Å². The summed E-state index contributed by atoms with van der Waals surface area (Å²) >= 11 is 11.9. The molecule has 0 spiro atoms. The summed E-state index contributed by atoms with van der Waals surface area (Å²) in [7, 11) is 1.62. The van der Waals surface area contributed by atoms with Gasteiger partial charge in [0.05, 0.1) is 13.2 Å². The molecule has 2 heterocycles. The average Bonchev–Trinajstić information content (AvgIpc) is 2.41. The number of aromatic nitrogens is 1. The van der Waals surface area contributed by atoms with Gasteiger partial charge in [0.1, 0.15) is 11.2 Å². The molecule has 0 radical (unpaired) electrons. The molecule has 7 heteroatoms. The third kappa shape index (κ3) is 3.57. The van der Waals surface area contributed by atoms with E-state index in [0.717, 1.165) is 5.56 Å². The van der Waals surface area contributed by atoms with E-state index in [2.05, 4.69) is 10.3 Å². The number of amides is 1. The number of carbonyl (C=O) groups is 1. The number of ether oxygens (including phenoxy) is 1. The minimum absolute atomic E-state index is 0.0576. The lowest BCUT2D eigenvalue weighted by Gasteiger charge is -2.34. The molecule has 0 aromatic carbocycles. The molecule has 0 aliphatic carbocycles. The van der Waals surface area contributed by atoms with Gasteiger partial charge < -0.3 is 10.1 Å². The van der Waals surface area contributed by atoms with Crippen LogP contribution in [0.15, 0.2) is 12.3 Å². The van der Waals surface area contributed by atoms with Crippen LogP contribution < -0.4 is 5.32 Å². The highest BCUT2D eigenvalue weighted by atomic mass is 35.5. The maximum Gasteiger partial charge on any atom is 0.239 e. The lowest BCUT2D eigenvalue weighted by Crippen LogP contribution is -2.52. The maximum atomic E-state index is 11.8. The van der Waals surface area contributed by atoms with Gasteiger partial charge in [-0.25, -0.2) is 4.98 Å². The normalized spacial score (nSPS) is 20.3. The van der Waals surface area contributed by atoms with Crippen molar-refractivity contribution < 1.29 is 9.53 Å². The van der Waals surface area contributed by atoms with E-state index in [-0.39, 0.29) is 11.9 Å². The Hall–Kier alpha value is -0.880. The molecular weight excluding hydrogens is 289 g/mol. The first-order valence-corrected chi connectivity index (χ1v) is 6.70. The van der Waals surface area contributed by atoms with Gasteiger partial charge in [0, 0.05) is 36.9 Å². The molecule has 0 bridgehead atoms. The zero-order valence-electron chi connectivity index (χ0n) is 10.5. The van der Waals surface area contributed by atoms with Crippen molar-refractivity contribution >= 4 is 29.1 Å². The Morgan fingerprint density at radius 2 is 2.42 bits per heavy atom. The molecule has 104 valence electrons. The lowest BCUT2D eigenvalue weighted by atomic mass is 10.1. The fraction of sp³-hybridized carbons (Fsp3) is 0.500. The van der Waals surface area contributed by atoms with Gasteiger partial charge in [-0.1, -0.05) is 23.2 Å². The van der Waals surface area contributed by atoms with Crippen LogP contribution in [0.1, 0.15) is 5.56 Å². The number of nitrogens with zero attached hydrogens (tertiary/aromatic N) is 2. The largest absolute Gasteiger partial charge is 0.378 e. The molecule has 1 atom stereocenters. The standard InChI is InChI=1S/C12H15Cl2N3O2/c1-15-12(18)10-7-19-3-2-17(10)6-8-5-16-11(14)4-9(8)13/h4-5,10H,2-3,6-7H2,1H3,(H,15,18). The number of carbonyl (C=O) groups excluding carboxylic acids is 1. The monoisotopic (exact) mass is 303 g/mol. The highest BCUT2D eigenvalue weighted by molar-refractivity contribution is 6.34. The molecule has 1 aliphatic heterocycles. The third-order valence-corrected chi connectivity index (χ3v) is 3.62. The number of likely N-dealkylation sites (N-methyl/N-ethyl adjacent to an activating group) is 1. The molecule has 1 aliphatic rings. The third-order valence-electron chi connectivity index (χ3n) is 3.06. The molecule has 1 unspecified atom stereocenters. The van der Waals surface area contributed by atoms with Crippen molar-refractivity contribution in [2.75, 3.05) is 26.8 Å². The van der Waals surface area contributed by atoms with Crippen LogP contribution in [0, 0.1) is 0 Å². The van der Waals surface area contributed by atoms with Gasteiger partial charge in [-0.15, -0.1) is 0 Å². The van der Waals surface area contributed by atoms with Crippen LogP contribution in [0.25, 0.3) is 0 Å². The second kappa shape index (κ2) is 6.52. The topological polar surface area (TPSA) is 54.5 Å². The van der Waals surface area contributed by atoms with Crippen LogP contribution in [0.2, 0.25) is 10.2 Å². The van der Waals surface area contributed by atoms with Gasteiger partial charge in [0.25, 0.3) is 0 Å². The second-order valence-corrected chi connectivity index (χ2v) is 5.07. The van der Waals surface area contributed by atoms with Gasteiger partial charge in [-0.2, -0.15) is 0 Å². The van der Waals surface area contributed by atoms with Crippen LogP contribution in [0.4, 0.5) is 0 Å². The predicted molar refractivity (Wildman–Crippen MR) is 73.3 cm³/mol. The molecule has 1 amide bonds. The smallest absolute Gasteiger partial charge is 0.239 e. The number of hydrogen-bond donors (Lipinski definition) is 1. The maximum absolute atomic E-state index is 11.8. The minimum atomic E-state index is -0.300. The number of pyridine rings is 1. The van der Waals surface area contributed by atoms with E-state index in [1.807, 2.05) is 4.90 Å². The van der Waals surface area contributed by atoms with Crippen molar-refractivity contribution in [3.8, 4) is 0 Å². The Balaban J connectivity index is 2.13. The van der Waals surface area contributed by atoms with Crippen LogP contribution in [-0.2, 0) is 16.1 Å². The first-order valence-electron chi connectivity index (χ1n) is 5.95. The van der Waals surface area contributed by atoms with Crippen molar-refractivity contribution in [3.05, 3.63) is 28.0 Å². The molecule has 19 heavy (non-hydrogen) atoms. The zero-order valence-corrected chi connectivity index (χ0v) is 12.0. The SMILES string of the molecule is CNC(=O)C1COCCN1Cc1cnc(Cl)cc1Cl. The zero-order chi connectivity index (χ0) is 13.8. The molecule has 2 rings (SSSR count). The van der Waals surface area contributed by atoms with Crippen molar-refractivity contribution in [1.29, 1.82) is 0 Å². The van der Waals surface area contributed by atoms with Gasteiger partial charge in [-0.05, 0) is 6.07 Å². The van der Waals surface area contributed by atoms with Gasteiger partial charge in [0.15, 0.2) is 0 Å². The Morgan fingerprint density at radius 1 is 1.63 bits per heavy atom. The van der Waals surface area contributed by atoms with Crippen LogP contribution >= 0.6 is 23.2 Å². The van der Waals surface area contributed by atoms with Gasteiger partial charge in [-0.3, -0.25) is 9.69 Å². The van der Waals surface area contributed by atoms with Gasteiger partial charge in [0.2, 0.25) is 5.91 Å². The summed E-state index contributed by atoms with van der Waals surface area (Å²) in [6, 6.07) is 1.30. The first kappa shape index (κ1) is 14.5. The van der Waals surface area contributed by atoms with Crippen LogP contribution in [0.3, 0.4) is 0 Å². The Bertz CT molecular complexity index is 470. The second-order valence-electron chi connectivity index (χ2n) is 4.27. The molecule has 1 N–H and O–H groups in total. The predicted octanol–water partition coefficient (Wildman–Crippen LogP) is 1.34. The number of rotatable bonds is 3. The Kier molecular flexibility index (Phi) is 4.99. The average molecular weight is 304 g/mol. The van der Waals surface area contributed by atoms with E-state index in [0.29, 0.717) is 36.5 Å². The summed E-state index contributed by atoms with van der Waals surface area (Å²) < 4.78 is 5.35. The van der Waals surface area contributed by atoms with E-state index in [1.54, 1.807) is 19.3 Å². The molecule has 1 saturated heterocycles. The Labute approximate surface area is 121 Å². The number of hydrogen-bond acceptors (Lipinski definition) is 4. The highest BCUT2D eigenvalue weighted by Gasteiger charge is 2.29. The fourth-order valence-corrected chi connectivity index (χ4v) is 2.43. The van der Waals surface area contributed by atoms with Crippen LogP contribution in [-0.4, -0.2) is 48.6 Å². The molecule has 0 saturated carbocycles. The van der Waals surface area contributed by atoms with Crippen molar-refractivity contribution in [2.45, 2.75) is 12.6 Å². The van der Waals surface area contributed by atoms with E-state index < -0.39 is 0 Å². The summed E-state index contributed by atoms with van der Waals surface area (Å²) in [4.78, 5) is 17.8. The molecule has 1 aromatic rings. The number of halogens is 2. The van der Waals surface area contributed by atoms with E-state index in [4.69, 9.17) is 27.9 Å².